The fourth-order valence-electron chi connectivity index (χ4n) is 1.99. The zero-order valence-electron chi connectivity index (χ0n) is 12.9. The highest BCUT2D eigenvalue weighted by Gasteiger charge is 2.24. The number of aryl methyl sites for hydroxylation is 1. The summed E-state index contributed by atoms with van der Waals surface area (Å²) in [6.07, 6.45) is 4.84. The maximum Gasteiger partial charge on any atom is 0.271 e. The predicted molar refractivity (Wildman–Crippen MR) is 89.5 cm³/mol. The quantitative estimate of drug-likeness (QED) is 0.713. The number of nitrogens with zero attached hydrogens (tertiary/aromatic N) is 3. The molecule has 0 aliphatic rings. The van der Waals surface area contributed by atoms with Gasteiger partial charge >= 0.3 is 0 Å². The fourth-order valence-corrected chi connectivity index (χ4v) is 2.47. The van der Waals surface area contributed by atoms with Gasteiger partial charge in [0.2, 0.25) is 5.91 Å². The summed E-state index contributed by atoms with van der Waals surface area (Å²) in [6.45, 7) is 12.2. The van der Waals surface area contributed by atoms with E-state index >= 15 is 0 Å². The largest absolute Gasteiger partial charge is 0.339 e. The van der Waals surface area contributed by atoms with Crippen LogP contribution < -0.4 is 5.32 Å². The Morgan fingerprint density at radius 1 is 1.45 bits per heavy atom. The molecule has 1 unspecified atom stereocenters. The van der Waals surface area contributed by atoms with Gasteiger partial charge in [0, 0.05) is 19.6 Å². The van der Waals surface area contributed by atoms with E-state index in [0.717, 1.165) is 0 Å². The van der Waals surface area contributed by atoms with Crippen LogP contribution in [0.15, 0.2) is 36.0 Å². The second-order valence-electron chi connectivity index (χ2n) is 4.67. The standard InChI is InChI=1S/C15H21BrN4O2/c1-5-8-19(9-6-2)15(22)11(4)18-14(21)13-12(16)10-17-20(13)7-3/h5-6,10-11H,1-2,7-9H2,3-4H3,(H,18,21). The third kappa shape index (κ3) is 4.30. The molecule has 0 fully saturated rings. The minimum absolute atomic E-state index is 0.188. The lowest BCUT2D eigenvalue weighted by atomic mass is 10.2. The van der Waals surface area contributed by atoms with Crippen LogP contribution >= 0.6 is 15.9 Å². The van der Waals surface area contributed by atoms with Crippen molar-refractivity contribution in [2.45, 2.75) is 26.4 Å². The first-order valence-electron chi connectivity index (χ1n) is 6.98. The first-order valence-corrected chi connectivity index (χ1v) is 7.78. The van der Waals surface area contributed by atoms with Gasteiger partial charge in [0.25, 0.3) is 5.91 Å². The van der Waals surface area contributed by atoms with E-state index in [2.05, 4.69) is 39.5 Å². The van der Waals surface area contributed by atoms with Gasteiger partial charge in [0.05, 0.1) is 10.7 Å². The summed E-state index contributed by atoms with van der Waals surface area (Å²) < 4.78 is 2.17. The molecule has 1 aromatic rings. The van der Waals surface area contributed by atoms with Crippen LogP contribution in [-0.2, 0) is 11.3 Å². The van der Waals surface area contributed by atoms with Crippen molar-refractivity contribution in [3.63, 3.8) is 0 Å². The molecule has 0 aliphatic carbocycles. The van der Waals surface area contributed by atoms with Gasteiger partial charge in [-0.25, -0.2) is 0 Å². The van der Waals surface area contributed by atoms with Gasteiger partial charge in [-0.1, -0.05) is 12.2 Å². The van der Waals surface area contributed by atoms with Crippen LogP contribution in [0.2, 0.25) is 0 Å². The highest BCUT2D eigenvalue weighted by Crippen LogP contribution is 2.16. The zero-order chi connectivity index (χ0) is 16.7. The molecule has 1 rings (SSSR count). The molecule has 0 bridgehead atoms. The van der Waals surface area contributed by atoms with Gasteiger partial charge < -0.3 is 10.2 Å². The molecular formula is C15H21BrN4O2. The molecule has 0 spiro atoms. The van der Waals surface area contributed by atoms with Crippen LogP contribution in [0.25, 0.3) is 0 Å². The molecule has 0 saturated carbocycles. The molecule has 0 aliphatic heterocycles. The molecule has 2 amide bonds. The van der Waals surface area contributed by atoms with Crippen LogP contribution in [0.1, 0.15) is 24.3 Å². The van der Waals surface area contributed by atoms with E-state index < -0.39 is 6.04 Å². The highest BCUT2D eigenvalue weighted by molar-refractivity contribution is 9.10. The molecule has 0 radical (unpaired) electrons. The number of aromatic nitrogens is 2. The molecule has 0 aromatic carbocycles. The number of amides is 2. The van der Waals surface area contributed by atoms with Crippen molar-refractivity contribution in [3.8, 4) is 0 Å². The van der Waals surface area contributed by atoms with E-state index in [1.807, 2.05) is 6.92 Å². The van der Waals surface area contributed by atoms with E-state index in [-0.39, 0.29) is 11.8 Å². The normalized spacial score (nSPS) is 11.6. The Labute approximate surface area is 139 Å². The average molecular weight is 369 g/mol. The zero-order valence-corrected chi connectivity index (χ0v) is 14.5. The smallest absolute Gasteiger partial charge is 0.271 e. The monoisotopic (exact) mass is 368 g/mol. The molecule has 1 atom stereocenters. The van der Waals surface area contributed by atoms with Gasteiger partial charge in [-0.2, -0.15) is 5.10 Å². The summed E-state index contributed by atoms with van der Waals surface area (Å²) in [4.78, 5) is 26.3. The van der Waals surface area contributed by atoms with Crippen molar-refractivity contribution in [1.29, 1.82) is 0 Å². The lowest BCUT2D eigenvalue weighted by molar-refractivity contribution is -0.131. The lowest BCUT2D eigenvalue weighted by Crippen LogP contribution is -2.47. The minimum atomic E-state index is -0.653. The minimum Gasteiger partial charge on any atom is -0.339 e. The predicted octanol–water partition coefficient (Wildman–Crippen LogP) is 1.98. The SMILES string of the molecule is C=CCN(CC=C)C(=O)C(C)NC(=O)c1c(Br)cnn1CC. The van der Waals surface area contributed by atoms with Gasteiger partial charge in [0.15, 0.2) is 0 Å². The fraction of sp³-hybridized carbons (Fsp3) is 0.400. The maximum atomic E-state index is 12.3. The Hall–Kier alpha value is -1.89. The van der Waals surface area contributed by atoms with Crippen LogP contribution in [0.3, 0.4) is 0 Å². The van der Waals surface area contributed by atoms with E-state index in [1.54, 1.807) is 34.9 Å². The van der Waals surface area contributed by atoms with Crippen LogP contribution in [0.4, 0.5) is 0 Å². The van der Waals surface area contributed by atoms with Crippen molar-refractivity contribution in [1.82, 2.24) is 20.0 Å². The van der Waals surface area contributed by atoms with Crippen LogP contribution in [0.5, 0.6) is 0 Å². The Morgan fingerprint density at radius 2 is 2.05 bits per heavy atom. The van der Waals surface area contributed by atoms with Crippen molar-refractivity contribution >= 4 is 27.7 Å². The molecule has 6 nitrogen and oxygen atoms in total. The molecular weight excluding hydrogens is 348 g/mol. The summed E-state index contributed by atoms with van der Waals surface area (Å²) >= 11 is 3.30. The first kappa shape index (κ1) is 18.2. The molecule has 1 aromatic heterocycles. The summed E-state index contributed by atoms with van der Waals surface area (Å²) in [5.74, 6) is -0.531. The van der Waals surface area contributed by atoms with Gasteiger partial charge in [-0.05, 0) is 29.8 Å². The van der Waals surface area contributed by atoms with Crippen molar-refractivity contribution < 1.29 is 9.59 Å². The summed E-state index contributed by atoms with van der Waals surface area (Å²) in [7, 11) is 0. The van der Waals surface area contributed by atoms with Gasteiger partial charge in [0.1, 0.15) is 11.7 Å². The van der Waals surface area contributed by atoms with Crippen molar-refractivity contribution in [2.75, 3.05) is 13.1 Å². The number of nitrogens with one attached hydrogen (secondary N) is 1. The number of halogens is 1. The topological polar surface area (TPSA) is 67.2 Å². The third-order valence-corrected chi connectivity index (χ3v) is 3.62. The van der Waals surface area contributed by atoms with Gasteiger partial charge in [-0.15, -0.1) is 13.2 Å². The van der Waals surface area contributed by atoms with E-state index in [1.165, 1.54) is 0 Å². The second kappa shape index (κ2) is 8.53. The highest BCUT2D eigenvalue weighted by atomic mass is 79.9. The summed E-state index contributed by atoms with van der Waals surface area (Å²) in [6, 6.07) is -0.653. The Bertz CT molecular complexity index is 558. The van der Waals surface area contributed by atoms with E-state index in [4.69, 9.17) is 0 Å². The number of carbonyl (C=O) groups is 2. The molecule has 120 valence electrons. The van der Waals surface area contributed by atoms with Crippen molar-refractivity contribution in [2.24, 2.45) is 0 Å². The molecule has 0 saturated heterocycles. The summed E-state index contributed by atoms with van der Waals surface area (Å²) in [5.41, 5.74) is 0.404. The van der Waals surface area contributed by atoms with Crippen molar-refractivity contribution in [3.05, 3.63) is 41.7 Å². The third-order valence-electron chi connectivity index (χ3n) is 3.04. The summed E-state index contributed by atoms with van der Waals surface area (Å²) in [5, 5.41) is 6.79. The lowest BCUT2D eigenvalue weighted by Gasteiger charge is -2.24. The Morgan fingerprint density at radius 3 is 2.55 bits per heavy atom. The molecule has 1 heterocycles. The first-order chi connectivity index (χ1) is 10.5. The number of hydrogen-bond donors (Lipinski definition) is 1. The molecule has 1 N–H and O–H groups in total. The molecule has 7 heteroatoms. The maximum absolute atomic E-state index is 12.3. The Kier molecular flexibility index (Phi) is 7.04. The average Bonchev–Trinajstić information content (AvgIpc) is 2.87. The Balaban J connectivity index is 2.82. The second-order valence-corrected chi connectivity index (χ2v) is 5.53. The van der Waals surface area contributed by atoms with Gasteiger partial charge in [-0.3, -0.25) is 14.3 Å². The number of rotatable bonds is 8. The molecule has 22 heavy (non-hydrogen) atoms. The number of hydrogen-bond acceptors (Lipinski definition) is 3. The van der Waals surface area contributed by atoms with E-state index in [9.17, 15) is 9.59 Å². The number of carbonyl (C=O) groups excluding carboxylic acids is 2. The van der Waals surface area contributed by atoms with Crippen LogP contribution in [0, 0.1) is 0 Å². The van der Waals surface area contributed by atoms with Crippen LogP contribution in [-0.4, -0.2) is 45.6 Å². The van der Waals surface area contributed by atoms with E-state index in [0.29, 0.717) is 29.8 Å².